The normalized spacial score (nSPS) is 39.0. The fourth-order valence-electron chi connectivity index (χ4n) is 4.27. The van der Waals surface area contributed by atoms with E-state index in [4.69, 9.17) is 15.5 Å². The number of nitrogens with zero attached hydrogens (tertiary/aromatic N) is 2. The van der Waals surface area contributed by atoms with Crippen LogP contribution in [-0.4, -0.2) is 42.7 Å². The van der Waals surface area contributed by atoms with Crippen molar-refractivity contribution in [2.75, 3.05) is 13.7 Å². The number of hydrogen-bond donors (Lipinski definition) is 1. The number of nitrogens with two attached hydrogens (primary N) is 1. The lowest BCUT2D eigenvalue weighted by Gasteiger charge is -2.61. The van der Waals surface area contributed by atoms with Gasteiger partial charge in [-0.25, -0.2) is 4.99 Å². The monoisotopic (exact) mass is 377 g/mol. The molecule has 0 bridgehead atoms. The molecule has 3 aliphatic carbocycles. The summed E-state index contributed by atoms with van der Waals surface area (Å²) in [4.78, 5) is 7.08. The van der Waals surface area contributed by atoms with Gasteiger partial charge >= 0.3 is 0 Å². The predicted octanol–water partition coefficient (Wildman–Crippen LogP) is 1.97. The zero-order valence-electron chi connectivity index (χ0n) is 11.5. The number of fused-ring (bicyclic) bond motifs is 2. The van der Waals surface area contributed by atoms with E-state index in [1.807, 2.05) is 0 Å². The highest BCUT2D eigenvalue weighted by atomic mass is 127. The number of guanidine groups is 1. The molecule has 1 aliphatic heterocycles. The minimum absolute atomic E-state index is 0. The van der Waals surface area contributed by atoms with Crippen molar-refractivity contribution in [2.24, 2.45) is 22.1 Å². The molecule has 4 aliphatic rings. The summed E-state index contributed by atoms with van der Waals surface area (Å²) in [6.45, 7) is 0.932. The van der Waals surface area contributed by atoms with E-state index in [9.17, 15) is 0 Å². The highest BCUT2D eigenvalue weighted by Gasteiger charge is 2.67. The first kappa shape index (κ1) is 13.9. The standard InChI is InChI=1S/C14H23N3O.HI/c1-17(9-3-4-9)13(15)16-11-10-5-8-18-12(10)14(11)6-2-7-14;/h9-12H,2-8H2,1H3,(H2,15,16);1H. The van der Waals surface area contributed by atoms with Gasteiger partial charge in [0, 0.05) is 31.0 Å². The maximum Gasteiger partial charge on any atom is 0.191 e. The highest BCUT2D eigenvalue weighted by Crippen LogP contribution is 2.64. The predicted molar refractivity (Wildman–Crippen MR) is 85.7 cm³/mol. The second-order valence-corrected chi connectivity index (χ2v) is 6.60. The summed E-state index contributed by atoms with van der Waals surface area (Å²) in [6.07, 6.45) is 8.16. The van der Waals surface area contributed by atoms with Crippen molar-refractivity contribution in [3.63, 3.8) is 0 Å². The second-order valence-electron chi connectivity index (χ2n) is 6.60. The van der Waals surface area contributed by atoms with E-state index in [0.717, 1.165) is 12.6 Å². The molecule has 3 saturated carbocycles. The van der Waals surface area contributed by atoms with Crippen molar-refractivity contribution in [3.05, 3.63) is 0 Å². The fraction of sp³-hybridized carbons (Fsp3) is 0.929. The van der Waals surface area contributed by atoms with Crippen molar-refractivity contribution < 1.29 is 4.74 Å². The highest BCUT2D eigenvalue weighted by molar-refractivity contribution is 14.0. The molecular formula is C14H24IN3O. The molecule has 19 heavy (non-hydrogen) atoms. The molecule has 3 atom stereocenters. The summed E-state index contributed by atoms with van der Waals surface area (Å²) in [5, 5.41) is 0. The van der Waals surface area contributed by atoms with Gasteiger partial charge in [0.25, 0.3) is 0 Å². The molecule has 5 heteroatoms. The van der Waals surface area contributed by atoms with Crippen LogP contribution in [0.25, 0.3) is 0 Å². The van der Waals surface area contributed by atoms with Crippen molar-refractivity contribution in [1.82, 2.24) is 4.90 Å². The smallest absolute Gasteiger partial charge is 0.191 e. The number of halogens is 1. The Bertz CT molecular complexity index is 392. The Balaban J connectivity index is 0.00000110. The Morgan fingerprint density at radius 2 is 2.05 bits per heavy atom. The average Bonchev–Trinajstić information content (AvgIpc) is 3.05. The van der Waals surface area contributed by atoms with Crippen LogP contribution in [0.5, 0.6) is 0 Å². The summed E-state index contributed by atoms with van der Waals surface area (Å²) in [6, 6.07) is 1.10. The molecule has 1 heterocycles. The second kappa shape index (κ2) is 4.76. The van der Waals surface area contributed by atoms with Gasteiger partial charge in [-0.15, -0.1) is 24.0 Å². The van der Waals surface area contributed by atoms with Crippen LogP contribution in [0.3, 0.4) is 0 Å². The van der Waals surface area contributed by atoms with Gasteiger partial charge < -0.3 is 15.4 Å². The maximum atomic E-state index is 6.19. The maximum absolute atomic E-state index is 6.19. The van der Waals surface area contributed by atoms with E-state index in [1.165, 1.54) is 38.5 Å². The number of hydrogen-bond acceptors (Lipinski definition) is 2. The van der Waals surface area contributed by atoms with E-state index in [-0.39, 0.29) is 24.0 Å². The Hall–Kier alpha value is -0.0400. The third-order valence-electron chi connectivity index (χ3n) is 5.71. The van der Waals surface area contributed by atoms with Crippen LogP contribution in [0, 0.1) is 11.3 Å². The molecule has 0 amide bonds. The minimum atomic E-state index is 0. The first-order valence-corrected chi connectivity index (χ1v) is 7.40. The van der Waals surface area contributed by atoms with Crippen molar-refractivity contribution in [3.8, 4) is 0 Å². The van der Waals surface area contributed by atoms with Crippen molar-refractivity contribution in [2.45, 2.75) is 56.7 Å². The molecule has 4 fully saturated rings. The Morgan fingerprint density at radius 3 is 2.63 bits per heavy atom. The molecule has 0 aromatic heterocycles. The third kappa shape index (κ3) is 1.91. The molecule has 108 valence electrons. The quantitative estimate of drug-likeness (QED) is 0.455. The van der Waals surface area contributed by atoms with Crippen LogP contribution >= 0.6 is 24.0 Å². The molecular weight excluding hydrogens is 353 g/mol. The lowest BCUT2D eigenvalue weighted by Crippen LogP contribution is -2.66. The third-order valence-corrected chi connectivity index (χ3v) is 5.71. The average molecular weight is 377 g/mol. The van der Waals surface area contributed by atoms with Gasteiger partial charge in [0.05, 0.1) is 12.1 Å². The SMILES string of the molecule is CN(C(N)=NC1C2CCOC2C12CCC2)C1CC1.I. The lowest BCUT2D eigenvalue weighted by atomic mass is 9.46. The lowest BCUT2D eigenvalue weighted by molar-refractivity contribution is -0.164. The zero-order chi connectivity index (χ0) is 12.3. The van der Waals surface area contributed by atoms with Crippen LogP contribution in [0.4, 0.5) is 0 Å². The van der Waals surface area contributed by atoms with Crippen LogP contribution in [0.15, 0.2) is 4.99 Å². The molecule has 3 unspecified atom stereocenters. The minimum Gasteiger partial charge on any atom is -0.377 e. The summed E-state index contributed by atoms with van der Waals surface area (Å²) in [5.41, 5.74) is 6.56. The van der Waals surface area contributed by atoms with Gasteiger partial charge in [0.1, 0.15) is 0 Å². The Morgan fingerprint density at radius 1 is 1.32 bits per heavy atom. The van der Waals surface area contributed by atoms with Crippen LogP contribution in [0.1, 0.15) is 38.5 Å². The van der Waals surface area contributed by atoms with Gasteiger partial charge in [0.15, 0.2) is 5.96 Å². The van der Waals surface area contributed by atoms with Gasteiger partial charge in [-0.3, -0.25) is 0 Å². The molecule has 0 radical (unpaired) electrons. The molecule has 2 N–H and O–H groups in total. The van der Waals surface area contributed by atoms with Gasteiger partial charge in [-0.1, -0.05) is 6.42 Å². The Labute approximate surface area is 132 Å². The molecule has 0 aromatic carbocycles. The van der Waals surface area contributed by atoms with Gasteiger partial charge in [0.2, 0.25) is 0 Å². The van der Waals surface area contributed by atoms with E-state index >= 15 is 0 Å². The molecule has 1 saturated heterocycles. The number of rotatable bonds is 2. The first-order chi connectivity index (χ1) is 8.72. The molecule has 1 spiro atoms. The number of aliphatic imine (C=N–C) groups is 1. The Kier molecular flexibility index (Phi) is 3.48. The largest absolute Gasteiger partial charge is 0.377 e. The van der Waals surface area contributed by atoms with E-state index in [1.54, 1.807) is 0 Å². The molecule has 4 nitrogen and oxygen atoms in total. The van der Waals surface area contributed by atoms with Crippen LogP contribution < -0.4 is 5.73 Å². The van der Waals surface area contributed by atoms with E-state index < -0.39 is 0 Å². The zero-order valence-corrected chi connectivity index (χ0v) is 13.9. The van der Waals surface area contributed by atoms with E-state index in [0.29, 0.717) is 29.5 Å². The summed E-state index contributed by atoms with van der Waals surface area (Å²) in [7, 11) is 2.09. The molecule has 0 aromatic rings. The van der Waals surface area contributed by atoms with Gasteiger partial charge in [-0.2, -0.15) is 0 Å². The van der Waals surface area contributed by atoms with Crippen molar-refractivity contribution >= 4 is 29.9 Å². The first-order valence-electron chi connectivity index (χ1n) is 7.40. The van der Waals surface area contributed by atoms with Crippen molar-refractivity contribution in [1.29, 1.82) is 0 Å². The van der Waals surface area contributed by atoms with Crippen LogP contribution in [-0.2, 0) is 4.74 Å². The summed E-state index contributed by atoms with van der Waals surface area (Å²) < 4.78 is 5.92. The van der Waals surface area contributed by atoms with E-state index in [2.05, 4.69) is 11.9 Å². The number of ether oxygens (including phenoxy) is 1. The molecule has 4 rings (SSSR count). The fourth-order valence-corrected chi connectivity index (χ4v) is 4.27. The topological polar surface area (TPSA) is 50.8 Å². The van der Waals surface area contributed by atoms with Crippen LogP contribution in [0.2, 0.25) is 0 Å². The summed E-state index contributed by atoms with van der Waals surface area (Å²) >= 11 is 0. The van der Waals surface area contributed by atoms with Gasteiger partial charge in [-0.05, 0) is 32.1 Å². The summed E-state index contributed by atoms with van der Waals surface area (Å²) in [5.74, 6) is 1.41.